The highest BCUT2D eigenvalue weighted by molar-refractivity contribution is 6.30. The third-order valence-electron chi connectivity index (χ3n) is 4.65. The van der Waals surface area contributed by atoms with Crippen molar-refractivity contribution in [2.75, 3.05) is 24.6 Å². The minimum atomic E-state index is 0.214. The zero-order chi connectivity index (χ0) is 17.4. The molecule has 3 aromatic rings. The molecule has 0 radical (unpaired) electrons. The highest BCUT2D eigenvalue weighted by Crippen LogP contribution is 2.29. The van der Waals surface area contributed by atoms with E-state index in [0.717, 1.165) is 48.5 Å². The van der Waals surface area contributed by atoms with Gasteiger partial charge in [0.15, 0.2) is 5.65 Å². The quantitative estimate of drug-likeness (QED) is 0.780. The molecule has 0 spiro atoms. The smallest absolute Gasteiger partial charge is 0.168 e. The maximum Gasteiger partial charge on any atom is 0.168 e. The number of rotatable bonds is 3. The fraction of sp³-hybridized carbons (Fsp3) is 0.389. The lowest BCUT2D eigenvalue weighted by atomic mass is 9.99. The predicted molar refractivity (Wildman–Crippen MR) is 98.4 cm³/mol. The van der Waals surface area contributed by atoms with E-state index in [-0.39, 0.29) is 6.61 Å². The number of fused-ring (bicyclic) bond motifs is 1. The van der Waals surface area contributed by atoms with Crippen molar-refractivity contribution in [2.45, 2.75) is 19.8 Å². The summed E-state index contributed by atoms with van der Waals surface area (Å²) in [6.07, 6.45) is 3.92. The number of aromatic nitrogens is 4. The molecular weight excluding hydrogens is 338 g/mol. The Morgan fingerprint density at radius 1 is 1.32 bits per heavy atom. The summed E-state index contributed by atoms with van der Waals surface area (Å²) >= 11 is 6.12. The molecule has 0 bridgehead atoms. The molecule has 3 heterocycles. The van der Waals surface area contributed by atoms with Crippen molar-refractivity contribution in [1.29, 1.82) is 0 Å². The minimum Gasteiger partial charge on any atom is -0.396 e. The van der Waals surface area contributed by atoms with Crippen LogP contribution in [0.4, 0.5) is 5.82 Å². The second-order valence-corrected chi connectivity index (χ2v) is 6.94. The topological polar surface area (TPSA) is 67.1 Å². The Hall–Kier alpha value is -2.18. The van der Waals surface area contributed by atoms with Gasteiger partial charge >= 0.3 is 0 Å². The average molecular weight is 358 g/mol. The zero-order valence-corrected chi connectivity index (χ0v) is 14.8. The molecular formula is C18H20ClN5O. The van der Waals surface area contributed by atoms with Crippen LogP contribution < -0.4 is 4.90 Å². The molecule has 2 aromatic heterocycles. The summed E-state index contributed by atoms with van der Waals surface area (Å²) < 4.78 is 1.80. The lowest BCUT2D eigenvalue weighted by molar-refractivity contribution is 0.208. The first kappa shape index (κ1) is 16.3. The average Bonchev–Trinajstić information content (AvgIpc) is 3.04. The summed E-state index contributed by atoms with van der Waals surface area (Å²) in [6, 6.07) is 7.56. The largest absolute Gasteiger partial charge is 0.396 e. The zero-order valence-electron chi connectivity index (χ0n) is 14.1. The van der Waals surface area contributed by atoms with E-state index in [9.17, 15) is 5.11 Å². The molecule has 1 unspecified atom stereocenters. The Bertz CT molecular complexity index is 910. The molecule has 4 rings (SSSR count). The number of aryl methyl sites for hydroxylation is 1. The molecule has 25 heavy (non-hydrogen) atoms. The van der Waals surface area contributed by atoms with Crippen molar-refractivity contribution in [3.63, 3.8) is 0 Å². The van der Waals surface area contributed by atoms with Crippen LogP contribution in [0.3, 0.4) is 0 Å². The van der Waals surface area contributed by atoms with E-state index in [0.29, 0.717) is 16.8 Å². The maximum absolute atomic E-state index is 9.51. The van der Waals surface area contributed by atoms with Crippen molar-refractivity contribution in [2.24, 2.45) is 5.92 Å². The van der Waals surface area contributed by atoms with Gasteiger partial charge in [-0.25, -0.2) is 14.6 Å². The van der Waals surface area contributed by atoms with Gasteiger partial charge in [0.2, 0.25) is 0 Å². The maximum atomic E-state index is 9.51. The highest BCUT2D eigenvalue weighted by atomic mass is 35.5. The molecule has 1 fully saturated rings. The van der Waals surface area contributed by atoms with Gasteiger partial charge in [-0.2, -0.15) is 5.10 Å². The van der Waals surface area contributed by atoms with Crippen LogP contribution in [-0.2, 0) is 0 Å². The summed E-state index contributed by atoms with van der Waals surface area (Å²) in [5, 5.41) is 15.6. The minimum absolute atomic E-state index is 0.214. The van der Waals surface area contributed by atoms with Gasteiger partial charge in [0.1, 0.15) is 11.6 Å². The van der Waals surface area contributed by atoms with Crippen LogP contribution in [0.25, 0.3) is 16.7 Å². The fourth-order valence-electron chi connectivity index (χ4n) is 3.44. The van der Waals surface area contributed by atoms with Crippen LogP contribution >= 0.6 is 11.6 Å². The van der Waals surface area contributed by atoms with E-state index in [2.05, 4.69) is 20.0 Å². The molecule has 130 valence electrons. The first-order valence-corrected chi connectivity index (χ1v) is 8.87. The molecule has 1 atom stereocenters. The van der Waals surface area contributed by atoms with Gasteiger partial charge < -0.3 is 10.0 Å². The summed E-state index contributed by atoms with van der Waals surface area (Å²) in [6.45, 7) is 3.85. The molecule has 0 amide bonds. The molecule has 1 saturated heterocycles. The van der Waals surface area contributed by atoms with Gasteiger partial charge in [-0.3, -0.25) is 0 Å². The van der Waals surface area contributed by atoms with E-state index in [4.69, 9.17) is 11.6 Å². The number of hydrogen-bond donors (Lipinski definition) is 1. The number of hydrogen-bond acceptors (Lipinski definition) is 5. The van der Waals surface area contributed by atoms with Crippen molar-refractivity contribution >= 4 is 28.5 Å². The Balaban J connectivity index is 1.82. The molecule has 1 N–H and O–H groups in total. The molecule has 0 saturated carbocycles. The number of anilines is 1. The highest BCUT2D eigenvalue weighted by Gasteiger charge is 2.23. The lowest BCUT2D eigenvalue weighted by Crippen LogP contribution is -2.37. The second kappa shape index (κ2) is 6.61. The van der Waals surface area contributed by atoms with Crippen LogP contribution in [0, 0.1) is 12.8 Å². The van der Waals surface area contributed by atoms with Gasteiger partial charge in [-0.05, 0) is 43.9 Å². The van der Waals surface area contributed by atoms with Crippen LogP contribution in [0.2, 0.25) is 5.02 Å². The molecule has 1 aliphatic heterocycles. The van der Waals surface area contributed by atoms with Crippen molar-refractivity contribution in [3.05, 3.63) is 41.3 Å². The van der Waals surface area contributed by atoms with E-state index in [1.165, 1.54) is 0 Å². The van der Waals surface area contributed by atoms with E-state index in [1.807, 2.05) is 37.4 Å². The van der Waals surface area contributed by atoms with Crippen LogP contribution in [-0.4, -0.2) is 44.6 Å². The number of piperidine rings is 1. The van der Waals surface area contributed by atoms with Gasteiger partial charge in [0.05, 0.1) is 17.3 Å². The Kier molecular flexibility index (Phi) is 4.31. The molecule has 7 heteroatoms. The van der Waals surface area contributed by atoms with Gasteiger partial charge in [0.25, 0.3) is 0 Å². The fourth-order valence-corrected chi connectivity index (χ4v) is 3.63. The number of aliphatic hydroxyl groups excluding tert-OH is 1. The number of nitrogens with zero attached hydrogens (tertiary/aromatic N) is 5. The molecule has 1 aliphatic rings. The summed E-state index contributed by atoms with van der Waals surface area (Å²) in [5.74, 6) is 1.90. The first-order chi connectivity index (χ1) is 12.2. The van der Waals surface area contributed by atoms with Gasteiger partial charge in [-0.1, -0.05) is 17.7 Å². The van der Waals surface area contributed by atoms with Crippen LogP contribution in [0.5, 0.6) is 0 Å². The first-order valence-electron chi connectivity index (χ1n) is 8.50. The lowest BCUT2D eigenvalue weighted by Gasteiger charge is -2.33. The molecule has 1 aromatic carbocycles. The summed E-state index contributed by atoms with van der Waals surface area (Å²) in [7, 11) is 0. The molecule has 0 aliphatic carbocycles. The Morgan fingerprint density at radius 3 is 3.00 bits per heavy atom. The standard InChI is InChI=1S/C18H20ClN5O/c1-12-21-17(23-7-3-4-13(10-23)11-25)16-9-20-24(18(16)22-12)15-6-2-5-14(19)8-15/h2,5-6,8-9,13,25H,3-4,7,10-11H2,1H3. The van der Waals surface area contributed by atoms with Gasteiger partial charge in [0, 0.05) is 24.7 Å². The molecule has 6 nitrogen and oxygen atoms in total. The second-order valence-electron chi connectivity index (χ2n) is 6.50. The Morgan fingerprint density at radius 2 is 2.20 bits per heavy atom. The normalized spacial score (nSPS) is 18.0. The van der Waals surface area contributed by atoms with Crippen molar-refractivity contribution < 1.29 is 5.11 Å². The van der Waals surface area contributed by atoms with Crippen molar-refractivity contribution in [3.8, 4) is 5.69 Å². The monoisotopic (exact) mass is 357 g/mol. The SMILES string of the molecule is Cc1nc(N2CCCC(CO)C2)c2cnn(-c3cccc(Cl)c3)c2n1. The van der Waals surface area contributed by atoms with E-state index >= 15 is 0 Å². The van der Waals surface area contributed by atoms with Crippen molar-refractivity contribution in [1.82, 2.24) is 19.7 Å². The predicted octanol–water partition coefficient (Wildman–Crippen LogP) is 2.99. The van der Waals surface area contributed by atoms with E-state index < -0.39 is 0 Å². The number of aliphatic hydroxyl groups is 1. The third kappa shape index (κ3) is 3.07. The summed E-state index contributed by atoms with van der Waals surface area (Å²) in [4.78, 5) is 11.5. The van der Waals surface area contributed by atoms with Crippen LogP contribution in [0.15, 0.2) is 30.5 Å². The van der Waals surface area contributed by atoms with Crippen LogP contribution in [0.1, 0.15) is 18.7 Å². The van der Waals surface area contributed by atoms with Gasteiger partial charge in [-0.15, -0.1) is 0 Å². The van der Waals surface area contributed by atoms with E-state index in [1.54, 1.807) is 4.68 Å². The summed E-state index contributed by atoms with van der Waals surface area (Å²) in [5.41, 5.74) is 1.65. The Labute approximate surface area is 151 Å². The third-order valence-corrected chi connectivity index (χ3v) is 4.88. The number of benzene rings is 1. The number of halogens is 1.